The van der Waals surface area contributed by atoms with Crippen LogP contribution >= 0.6 is 0 Å². The lowest BCUT2D eigenvalue weighted by Gasteiger charge is -2.47. The maximum Gasteiger partial charge on any atom is 0.179 e. The van der Waals surface area contributed by atoms with Crippen LogP contribution in [0.2, 0.25) is 0 Å². The van der Waals surface area contributed by atoms with Gasteiger partial charge in [0.2, 0.25) is 0 Å². The minimum atomic E-state index is -3.71. The zero-order valence-electron chi connectivity index (χ0n) is 33.2. The Bertz CT molecular complexity index is 3030. The maximum absolute atomic E-state index is 9.64. The maximum atomic E-state index is 9.64. The van der Waals surface area contributed by atoms with Crippen LogP contribution in [0.1, 0.15) is 52.1 Å². The van der Waals surface area contributed by atoms with Gasteiger partial charge in [0, 0.05) is 28.2 Å². The highest BCUT2D eigenvalue weighted by Crippen LogP contribution is 2.58. The van der Waals surface area contributed by atoms with Crippen LogP contribution < -0.4 is 20.7 Å². The molecule has 3 aliphatic carbocycles. The fourth-order valence-electron chi connectivity index (χ4n) is 9.54. The van der Waals surface area contributed by atoms with Gasteiger partial charge in [0.25, 0.3) is 0 Å². The largest absolute Gasteiger partial charge is 0.455 e. The lowest BCUT2D eigenvalue weighted by atomic mass is 9.60. The molecule has 2 unspecified atom stereocenters. The molecule has 0 radical (unpaired) electrons. The van der Waals surface area contributed by atoms with Gasteiger partial charge in [-0.15, -0.1) is 0 Å². The van der Waals surface area contributed by atoms with Gasteiger partial charge >= 0.3 is 0 Å². The van der Waals surface area contributed by atoms with E-state index in [0.29, 0.717) is 5.19 Å². The Balaban J connectivity index is 1.29. The number of fused-ring (bicyclic) bond motifs is 3. The summed E-state index contributed by atoms with van der Waals surface area (Å²) in [5, 5.41) is 5.47. The lowest BCUT2D eigenvalue weighted by Crippen LogP contribution is -2.75. The molecule has 2 bridgehead atoms. The molecule has 1 nitrogen and oxygen atoms in total. The lowest BCUT2D eigenvalue weighted by molar-refractivity contribution is 0.669. The fourth-order valence-corrected chi connectivity index (χ4v) is 14.3. The summed E-state index contributed by atoms with van der Waals surface area (Å²) in [5.74, 6) is -0.295. The van der Waals surface area contributed by atoms with Gasteiger partial charge in [-0.2, -0.15) is 0 Å². The summed E-state index contributed by atoms with van der Waals surface area (Å²) < 4.78 is 52.6. The van der Waals surface area contributed by atoms with E-state index < -0.39 is 8.07 Å². The van der Waals surface area contributed by atoms with Crippen LogP contribution in [0.3, 0.4) is 0 Å². The predicted octanol–water partition coefficient (Wildman–Crippen LogP) is 9.62. The fraction of sp³-hybridized carbons (Fsp3) is 0.0400. The molecule has 8 aromatic carbocycles. The Kier molecular flexibility index (Phi) is 5.45. The minimum absolute atomic E-state index is 0.0794. The Morgan fingerprint density at radius 2 is 0.981 bits per heavy atom. The van der Waals surface area contributed by atoms with Crippen molar-refractivity contribution in [3.63, 3.8) is 0 Å². The van der Waals surface area contributed by atoms with E-state index in [1.165, 1.54) is 27.8 Å². The number of hydrogen-bond donors (Lipinski definition) is 0. The minimum Gasteiger partial charge on any atom is -0.455 e. The molecule has 1 aromatic heterocycles. The molecule has 12 rings (SSSR count). The van der Waals surface area contributed by atoms with Gasteiger partial charge in [-0.1, -0.05) is 188 Å². The second-order valence-electron chi connectivity index (χ2n) is 13.9. The molecule has 2 heteroatoms. The van der Waals surface area contributed by atoms with Crippen molar-refractivity contribution in [1.29, 1.82) is 0 Å². The molecule has 3 aliphatic rings. The van der Waals surface area contributed by atoms with Crippen molar-refractivity contribution in [3.8, 4) is 11.1 Å². The molecular weight excluding hydrogens is 645 g/mol. The normalized spacial score (nSPS) is 17.0. The van der Waals surface area contributed by atoms with Gasteiger partial charge in [0.15, 0.2) is 8.07 Å². The molecule has 0 saturated carbocycles. The van der Waals surface area contributed by atoms with Crippen LogP contribution in [0.25, 0.3) is 33.1 Å². The Labute approximate surface area is 311 Å². The van der Waals surface area contributed by atoms with Gasteiger partial charge < -0.3 is 4.42 Å². The summed E-state index contributed by atoms with van der Waals surface area (Å²) in [5.41, 5.74) is 11.2. The molecule has 1 heterocycles. The van der Waals surface area contributed by atoms with Crippen LogP contribution in [0.5, 0.6) is 0 Å². The monoisotopic (exact) mass is 683 g/mol. The summed E-state index contributed by atoms with van der Waals surface area (Å²) in [6, 6.07) is 55.6. The Morgan fingerprint density at radius 1 is 0.423 bits per heavy atom. The van der Waals surface area contributed by atoms with Crippen molar-refractivity contribution in [3.05, 3.63) is 227 Å². The molecular formula is C50H34OSi. The van der Waals surface area contributed by atoms with Crippen LogP contribution in [0.4, 0.5) is 0 Å². The highest BCUT2D eigenvalue weighted by Gasteiger charge is 2.49. The van der Waals surface area contributed by atoms with Crippen LogP contribution in [-0.4, -0.2) is 8.07 Å². The molecule has 52 heavy (non-hydrogen) atoms. The van der Waals surface area contributed by atoms with Gasteiger partial charge in [-0.25, -0.2) is 0 Å². The first-order valence-electron chi connectivity index (χ1n) is 20.3. The third-order valence-corrected chi connectivity index (χ3v) is 16.1. The highest BCUT2D eigenvalue weighted by molar-refractivity contribution is 7.20. The number of benzene rings is 8. The van der Waals surface area contributed by atoms with E-state index in [1.807, 2.05) is 54.6 Å². The molecule has 0 amide bonds. The average molecular weight is 684 g/mol. The molecule has 0 spiro atoms. The van der Waals surface area contributed by atoms with E-state index in [9.17, 15) is 2.74 Å². The number of furan rings is 1. The van der Waals surface area contributed by atoms with E-state index in [1.54, 1.807) is 0 Å². The van der Waals surface area contributed by atoms with Crippen molar-refractivity contribution in [2.45, 2.75) is 11.8 Å². The second-order valence-corrected chi connectivity index (χ2v) is 17.6. The van der Waals surface area contributed by atoms with E-state index in [0.717, 1.165) is 54.2 Å². The van der Waals surface area contributed by atoms with Gasteiger partial charge in [-0.05, 0) is 65.8 Å². The summed E-state index contributed by atoms with van der Waals surface area (Å²) in [4.78, 5) is 0. The molecule has 0 aliphatic heterocycles. The van der Waals surface area contributed by atoms with Crippen molar-refractivity contribution < 1.29 is 11.3 Å². The van der Waals surface area contributed by atoms with Crippen molar-refractivity contribution in [2.24, 2.45) is 0 Å². The van der Waals surface area contributed by atoms with E-state index >= 15 is 0 Å². The topological polar surface area (TPSA) is 13.1 Å². The van der Waals surface area contributed by atoms with E-state index in [4.69, 9.17) is 8.53 Å². The number of para-hydroxylation sites is 2. The van der Waals surface area contributed by atoms with Crippen molar-refractivity contribution in [2.75, 3.05) is 0 Å². The Hall–Kier alpha value is -6.22. The summed E-state index contributed by atoms with van der Waals surface area (Å²) in [7, 11) is -3.71. The van der Waals surface area contributed by atoms with E-state index in [-0.39, 0.29) is 42.0 Å². The van der Waals surface area contributed by atoms with Crippen LogP contribution in [0.15, 0.2) is 198 Å². The molecule has 0 N–H and O–H groups in total. The van der Waals surface area contributed by atoms with Gasteiger partial charge in [0.1, 0.15) is 11.2 Å². The van der Waals surface area contributed by atoms with Gasteiger partial charge in [0.05, 0.1) is 6.85 Å². The first-order valence-corrected chi connectivity index (χ1v) is 19.8. The quantitative estimate of drug-likeness (QED) is 0.130. The summed E-state index contributed by atoms with van der Waals surface area (Å²) >= 11 is 0. The van der Waals surface area contributed by atoms with Crippen LogP contribution in [0, 0.1) is 0 Å². The number of rotatable bonds is 5. The molecule has 0 saturated heterocycles. The second kappa shape index (κ2) is 11.4. The predicted molar refractivity (Wildman–Crippen MR) is 218 cm³/mol. The van der Waals surface area contributed by atoms with Crippen molar-refractivity contribution in [1.82, 2.24) is 0 Å². The van der Waals surface area contributed by atoms with Gasteiger partial charge in [-0.3, -0.25) is 0 Å². The smallest absolute Gasteiger partial charge is 0.179 e. The van der Waals surface area contributed by atoms with E-state index in [2.05, 4.69) is 109 Å². The Morgan fingerprint density at radius 3 is 1.73 bits per heavy atom. The molecule has 9 aromatic rings. The molecule has 0 fully saturated rings. The third-order valence-electron chi connectivity index (χ3n) is 11.5. The SMILES string of the molecule is [2H]c1c([2H])c([2H])c([Si](c2ccccc2)(c2ccccc2)c2cccc3c2C2c4ccccc4C3c3cccc(-c4cccc5c4oc4ccccc45)c32)c([2H])c1[2H]. The van der Waals surface area contributed by atoms with Crippen molar-refractivity contribution >= 4 is 50.8 Å². The summed E-state index contributed by atoms with van der Waals surface area (Å²) in [6.07, 6.45) is 0. The first kappa shape index (κ1) is 24.8. The zero-order chi connectivity index (χ0) is 38.6. The standard InChI is InChI=1S/C50H34OSi/c1-4-17-33(18-5-1)52(34-19-6-2-7-20-34,35-21-8-3-9-22-35)45-32-16-30-43-46-37-24-10-11-25-38(37)49(48(43)45)47-39(26-14-29-42(46)47)41-28-15-27-40-36-23-12-13-31-44(36)51-50(40)41/h1-32,46,49H/i1D,4D,5D,17D,18D. The first-order chi connectivity index (χ1) is 27.9. The number of hydrogen-bond acceptors (Lipinski definition) is 1. The summed E-state index contributed by atoms with van der Waals surface area (Å²) in [6.45, 7) is 0. The third kappa shape index (κ3) is 3.99. The van der Waals surface area contributed by atoms with Crippen LogP contribution in [-0.2, 0) is 0 Å². The molecule has 2 atom stereocenters. The molecule has 244 valence electrons. The highest BCUT2D eigenvalue weighted by atomic mass is 28.3. The zero-order valence-corrected chi connectivity index (χ0v) is 29.2. The average Bonchev–Trinajstić information content (AvgIpc) is 3.66.